The molecule has 0 spiro atoms. The second-order valence-corrected chi connectivity index (χ2v) is 5.24. The minimum atomic E-state index is -0.270. The zero-order valence-corrected chi connectivity index (χ0v) is 12.1. The fourth-order valence-corrected chi connectivity index (χ4v) is 2.02. The van der Waals surface area contributed by atoms with Gasteiger partial charge in [0.2, 0.25) is 0 Å². The van der Waals surface area contributed by atoms with E-state index in [9.17, 15) is 4.79 Å². The Hall–Kier alpha value is -0.130. The van der Waals surface area contributed by atoms with Crippen molar-refractivity contribution in [1.29, 1.82) is 0 Å². The summed E-state index contributed by atoms with van der Waals surface area (Å²) in [6.07, 6.45) is 0. The van der Waals surface area contributed by atoms with Crippen LogP contribution in [0.1, 0.15) is 13.8 Å². The molecule has 0 saturated heterocycles. The zero-order valence-electron chi connectivity index (χ0n) is 10.5. The van der Waals surface area contributed by atoms with Gasteiger partial charge < -0.3 is 9.47 Å². The highest BCUT2D eigenvalue weighted by molar-refractivity contribution is 9.10. The standard InChI is InChI=1S/C11H22BrNO3/c1-9(2)7-13(5-6-15-3)8-10(12)11(14)16-4/h9-10H,5-8H2,1-4H3. The summed E-state index contributed by atoms with van der Waals surface area (Å²) >= 11 is 3.33. The molecule has 0 N–H and O–H groups in total. The molecule has 0 saturated carbocycles. The molecule has 5 heteroatoms. The summed E-state index contributed by atoms with van der Waals surface area (Å²) in [7, 11) is 3.08. The molecule has 0 heterocycles. The summed E-state index contributed by atoms with van der Waals surface area (Å²) in [6, 6.07) is 0. The lowest BCUT2D eigenvalue weighted by atomic mass is 10.2. The molecule has 0 bridgehead atoms. The highest BCUT2D eigenvalue weighted by atomic mass is 79.9. The number of halogens is 1. The number of alkyl halides is 1. The SMILES string of the molecule is COCCN(CC(C)C)CC(Br)C(=O)OC. The van der Waals surface area contributed by atoms with Crippen molar-refractivity contribution in [2.24, 2.45) is 5.92 Å². The van der Waals surface area contributed by atoms with Crippen LogP contribution >= 0.6 is 15.9 Å². The summed E-state index contributed by atoms with van der Waals surface area (Å²) in [5.41, 5.74) is 0. The summed E-state index contributed by atoms with van der Waals surface area (Å²) in [5, 5.41) is 0. The van der Waals surface area contributed by atoms with Crippen molar-refractivity contribution >= 4 is 21.9 Å². The third-order valence-electron chi connectivity index (χ3n) is 2.11. The van der Waals surface area contributed by atoms with Crippen LogP contribution in [-0.4, -0.2) is 56.2 Å². The second kappa shape index (κ2) is 8.96. The van der Waals surface area contributed by atoms with Gasteiger partial charge in [-0.1, -0.05) is 29.8 Å². The Morgan fingerprint density at radius 1 is 1.31 bits per heavy atom. The average molecular weight is 296 g/mol. The van der Waals surface area contributed by atoms with E-state index in [1.165, 1.54) is 7.11 Å². The average Bonchev–Trinajstić information content (AvgIpc) is 2.23. The first-order valence-corrected chi connectivity index (χ1v) is 6.36. The summed E-state index contributed by atoms with van der Waals surface area (Å²) < 4.78 is 9.73. The molecule has 0 aromatic carbocycles. The highest BCUT2D eigenvalue weighted by Crippen LogP contribution is 2.07. The highest BCUT2D eigenvalue weighted by Gasteiger charge is 2.19. The van der Waals surface area contributed by atoms with Crippen molar-refractivity contribution < 1.29 is 14.3 Å². The molecule has 0 fully saturated rings. The van der Waals surface area contributed by atoms with Gasteiger partial charge in [0.05, 0.1) is 13.7 Å². The summed E-state index contributed by atoms with van der Waals surface area (Å²) in [5.74, 6) is 0.334. The molecule has 0 rings (SSSR count). The van der Waals surface area contributed by atoms with Crippen LogP contribution in [0.2, 0.25) is 0 Å². The molecule has 0 aliphatic heterocycles. The summed E-state index contributed by atoms with van der Waals surface area (Å²) in [4.78, 5) is 13.2. The molecule has 4 nitrogen and oxygen atoms in total. The fraction of sp³-hybridized carbons (Fsp3) is 0.909. The Balaban J connectivity index is 4.12. The molecule has 1 atom stereocenters. The molecule has 16 heavy (non-hydrogen) atoms. The van der Waals surface area contributed by atoms with Gasteiger partial charge in [-0.05, 0) is 5.92 Å². The van der Waals surface area contributed by atoms with Crippen LogP contribution in [0, 0.1) is 5.92 Å². The van der Waals surface area contributed by atoms with Gasteiger partial charge in [0, 0.05) is 26.7 Å². The molecule has 0 aliphatic rings. The number of esters is 1. The number of carbonyl (C=O) groups excluding carboxylic acids is 1. The predicted octanol–water partition coefficient (Wildman–Crippen LogP) is 1.53. The molecule has 0 aliphatic carbocycles. The normalized spacial score (nSPS) is 13.2. The third-order valence-corrected chi connectivity index (χ3v) is 2.77. The number of ether oxygens (including phenoxy) is 2. The predicted molar refractivity (Wildman–Crippen MR) is 67.9 cm³/mol. The topological polar surface area (TPSA) is 38.8 Å². The minimum absolute atomic E-state index is 0.230. The van der Waals surface area contributed by atoms with Gasteiger partial charge in [-0.25, -0.2) is 0 Å². The van der Waals surface area contributed by atoms with Crippen LogP contribution in [0.15, 0.2) is 0 Å². The lowest BCUT2D eigenvalue weighted by Crippen LogP contribution is -2.38. The van der Waals surface area contributed by atoms with E-state index in [0.717, 1.165) is 13.1 Å². The van der Waals surface area contributed by atoms with Gasteiger partial charge in [-0.3, -0.25) is 9.69 Å². The van der Waals surface area contributed by atoms with Crippen molar-refractivity contribution in [3.05, 3.63) is 0 Å². The number of hydrogen-bond acceptors (Lipinski definition) is 4. The van der Waals surface area contributed by atoms with E-state index in [4.69, 9.17) is 4.74 Å². The Morgan fingerprint density at radius 2 is 1.94 bits per heavy atom. The largest absolute Gasteiger partial charge is 0.468 e. The number of carbonyl (C=O) groups is 1. The lowest BCUT2D eigenvalue weighted by molar-refractivity contribution is -0.140. The maximum atomic E-state index is 11.3. The molecule has 0 aromatic heterocycles. The van der Waals surface area contributed by atoms with Gasteiger partial charge in [0.25, 0.3) is 0 Å². The van der Waals surface area contributed by atoms with Gasteiger partial charge in [-0.2, -0.15) is 0 Å². The maximum Gasteiger partial charge on any atom is 0.320 e. The van der Waals surface area contributed by atoms with E-state index >= 15 is 0 Å². The third kappa shape index (κ3) is 7.19. The van der Waals surface area contributed by atoms with Crippen LogP contribution < -0.4 is 0 Å². The van der Waals surface area contributed by atoms with Crippen LogP contribution in [-0.2, 0) is 14.3 Å². The Bertz CT molecular complexity index is 200. The number of rotatable bonds is 8. The van der Waals surface area contributed by atoms with Crippen molar-refractivity contribution in [1.82, 2.24) is 4.90 Å². The Labute approximate surface area is 106 Å². The molecule has 1 unspecified atom stereocenters. The molecule has 0 aromatic rings. The molecular weight excluding hydrogens is 274 g/mol. The lowest BCUT2D eigenvalue weighted by Gasteiger charge is -2.25. The van der Waals surface area contributed by atoms with Crippen molar-refractivity contribution in [3.8, 4) is 0 Å². The maximum absolute atomic E-state index is 11.3. The van der Waals surface area contributed by atoms with Crippen molar-refractivity contribution in [3.63, 3.8) is 0 Å². The van der Waals surface area contributed by atoms with Crippen LogP contribution in [0.4, 0.5) is 0 Å². The van der Waals surface area contributed by atoms with Crippen molar-refractivity contribution in [2.45, 2.75) is 18.7 Å². The molecule has 0 radical (unpaired) electrons. The first-order valence-electron chi connectivity index (χ1n) is 5.44. The van der Waals surface area contributed by atoms with Crippen molar-refractivity contribution in [2.75, 3.05) is 40.5 Å². The van der Waals surface area contributed by atoms with Gasteiger partial charge in [0.15, 0.2) is 0 Å². The van der Waals surface area contributed by atoms with E-state index in [1.54, 1.807) is 7.11 Å². The summed E-state index contributed by atoms with van der Waals surface area (Å²) in [6.45, 7) is 7.40. The number of methoxy groups -OCH3 is 2. The Morgan fingerprint density at radius 3 is 2.38 bits per heavy atom. The first kappa shape index (κ1) is 15.9. The quantitative estimate of drug-likeness (QED) is 0.503. The zero-order chi connectivity index (χ0) is 12.6. The van der Waals surface area contributed by atoms with Crippen LogP contribution in [0.5, 0.6) is 0 Å². The minimum Gasteiger partial charge on any atom is -0.468 e. The van der Waals surface area contributed by atoms with E-state index in [-0.39, 0.29) is 10.8 Å². The second-order valence-electron chi connectivity index (χ2n) is 4.14. The van der Waals surface area contributed by atoms with E-state index in [2.05, 4.69) is 39.4 Å². The van der Waals surface area contributed by atoms with Gasteiger partial charge in [-0.15, -0.1) is 0 Å². The van der Waals surface area contributed by atoms with Gasteiger partial charge >= 0.3 is 5.97 Å². The Kier molecular flexibility index (Phi) is 8.89. The van der Waals surface area contributed by atoms with Gasteiger partial charge in [0.1, 0.15) is 4.83 Å². The van der Waals surface area contributed by atoms with E-state index in [1.807, 2.05) is 0 Å². The monoisotopic (exact) mass is 295 g/mol. The first-order chi connectivity index (χ1) is 7.51. The van der Waals surface area contributed by atoms with E-state index < -0.39 is 0 Å². The van der Waals surface area contributed by atoms with Crippen LogP contribution in [0.25, 0.3) is 0 Å². The van der Waals surface area contributed by atoms with E-state index in [0.29, 0.717) is 19.1 Å². The number of nitrogens with zero attached hydrogens (tertiary/aromatic N) is 1. The molecular formula is C11H22BrNO3. The number of hydrogen-bond donors (Lipinski definition) is 0. The molecule has 0 amide bonds. The smallest absolute Gasteiger partial charge is 0.320 e. The van der Waals surface area contributed by atoms with Crippen LogP contribution in [0.3, 0.4) is 0 Å². The fourth-order valence-electron chi connectivity index (χ4n) is 1.42. The molecule has 96 valence electrons.